The summed E-state index contributed by atoms with van der Waals surface area (Å²) in [5, 5.41) is 9.02. The van der Waals surface area contributed by atoms with E-state index in [9.17, 15) is 0 Å². The fourth-order valence-electron chi connectivity index (χ4n) is 2.36. The molecule has 0 amide bonds. The van der Waals surface area contributed by atoms with E-state index in [2.05, 4.69) is 33.9 Å². The summed E-state index contributed by atoms with van der Waals surface area (Å²) in [6.45, 7) is 15.4. The maximum absolute atomic E-state index is 8.85. The molecule has 1 aliphatic rings. The van der Waals surface area contributed by atoms with Crippen molar-refractivity contribution in [3.8, 4) is 0 Å². The average Bonchev–Trinajstić information content (AvgIpc) is 2.44. The lowest BCUT2D eigenvalue weighted by atomic mass is 10.0. The van der Waals surface area contributed by atoms with Crippen LogP contribution >= 0.6 is 0 Å². The topological polar surface area (TPSA) is 47.9 Å². The summed E-state index contributed by atoms with van der Waals surface area (Å²) in [6, 6.07) is 0. The molecule has 0 radical (unpaired) electrons. The van der Waals surface area contributed by atoms with Gasteiger partial charge in [-0.2, -0.15) is 0 Å². The molecule has 140 valence electrons. The van der Waals surface area contributed by atoms with Gasteiger partial charge in [0.1, 0.15) is 6.10 Å². The largest absolute Gasteiger partial charge is 0.411 e. The number of ether oxygens (including phenoxy) is 2. The maximum Gasteiger partial charge on any atom is 0.192 e. The number of aliphatic hydroxyl groups excluding tert-OH is 1. The van der Waals surface area contributed by atoms with Gasteiger partial charge in [-0.05, 0) is 38.4 Å². The lowest BCUT2D eigenvalue weighted by Gasteiger charge is -2.43. The molecule has 1 fully saturated rings. The first-order chi connectivity index (χ1) is 11.1. The van der Waals surface area contributed by atoms with Crippen molar-refractivity contribution in [3.63, 3.8) is 0 Å². The molecule has 5 heteroatoms. The Morgan fingerprint density at radius 1 is 1.21 bits per heavy atom. The SMILES string of the molecule is CC(C)O[C@@H]1CC[C@H](O[Si](C)(C)C(C)(C)C)[C@@H](/C=C\C=C\CO)O1. The first-order valence-corrected chi connectivity index (χ1v) is 11.9. The number of hydrogen-bond donors (Lipinski definition) is 1. The normalized spacial score (nSPS) is 26.8. The van der Waals surface area contributed by atoms with E-state index in [1.807, 2.05) is 32.1 Å². The highest BCUT2D eigenvalue weighted by Crippen LogP contribution is 2.39. The van der Waals surface area contributed by atoms with Crippen molar-refractivity contribution in [1.29, 1.82) is 0 Å². The van der Waals surface area contributed by atoms with Gasteiger partial charge in [-0.3, -0.25) is 0 Å². The minimum Gasteiger partial charge on any atom is -0.411 e. The first kappa shape index (κ1) is 21.6. The van der Waals surface area contributed by atoms with Crippen LogP contribution in [0, 0.1) is 0 Å². The quantitative estimate of drug-likeness (QED) is 0.542. The zero-order chi connectivity index (χ0) is 18.4. The summed E-state index contributed by atoms with van der Waals surface area (Å²) < 4.78 is 18.6. The Hall–Kier alpha value is -0.463. The van der Waals surface area contributed by atoms with Crippen LogP contribution in [-0.2, 0) is 13.9 Å². The first-order valence-electron chi connectivity index (χ1n) is 8.99. The summed E-state index contributed by atoms with van der Waals surface area (Å²) in [6.07, 6.45) is 9.14. The van der Waals surface area contributed by atoms with Crippen molar-refractivity contribution in [2.75, 3.05) is 6.61 Å². The summed E-state index contributed by atoms with van der Waals surface area (Å²) in [7, 11) is -1.86. The lowest BCUT2D eigenvalue weighted by Crippen LogP contribution is -2.50. The second-order valence-corrected chi connectivity index (χ2v) is 13.0. The Morgan fingerprint density at radius 2 is 1.88 bits per heavy atom. The molecule has 1 rings (SSSR count). The summed E-state index contributed by atoms with van der Waals surface area (Å²) in [5.74, 6) is 0. The number of allylic oxidation sites excluding steroid dienone is 2. The summed E-state index contributed by atoms with van der Waals surface area (Å²) >= 11 is 0. The zero-order valence-electron chi connectivity index (χ0n) is 16.4. The Labute approximate surface area is 149 Å². The van der Waals surface area contributed by atoms with Gasteiger partial charge in [0.2, 0.25) is 0 Å². The van der Waals surface area contributed by atoms with Crippen LogP contribution in [0.2, 0.25) is 18.1 Å². The van der Waals surface area contributed by atoms with E-state index < -0.39 is 8.32 Å². The molecule has 1 heterocycles. The third-order valence-electron chi connectivity index (χ3n) is 4.69. The third kappa shape index (κ3) is 6.80. The maximum atomic E-state index is 8.85. The van der Waals surface area contributed by atoms with Crippen molar-refractivity contribution < 1.29 is 19.0 Å². The van der Waals surface area contributed by atoms with E-state index in [0.29, 0.717) is 0 Å². The van der Waals surface area contributed by atoms with Crippen LogP contribution in [0.5, 0.6) is 0 Å². The minimum absolute atomic E-state index is 0.0405. The van der Waals surface area contributed by atoms with Crippen LogP contribution < -0.4 is 0 Å². The fourth-order valence-corrected chi connectivity index (χ4v) is 3.73. The van der Waals surface area contributed by atoms with Gasteiger partial charge in [-0.1, -0.05) is 45.1 Å². The molecule has 0 spiro atoms. The Kier molecular flexibility index (Phi) is 8.36. The van der Waals surface area contributed by atoms with Crippen LogP contribution in [-0.4, -0.2) is 44.6 Å². The predicted molar refractivity (Wildman–Crippen MR) is 102 cm³/mol. The molecule has 4 nitrogen and oxygen atoms in total. The van der Waals surface area contributed by atoms with E-state index >= 15 is 0 Å². The molecule has 0 saturated carbocycles. The van der Waals surface area contributed by atoms with Gasteiger partial charge >= 0.3 is 0 Å². The molecular weight excluding hydrogens is 320 g/mol. The van der Waals surface area contributed by atoms with Gasteiger partial charge in [0, 0.05) is 6.42 Å². The van der Waals surface area contributed by atoms with Gasteiger partial charge in [0.05, 0.1) is 18.8 Å². The molecular formula is C19H36O4Si. The second-order valence-electron chi connectivity index (χ2n) is 8.20. The third-order valence-corrected chi connectivity index (χ3v) is 9.20. The van der Waals surface area contributed by atoms with E-state index in [0.717, 1.165) is 12.8 Å². The smallest absolute Gasteiger partial charge is 0.192 e. The van der Waals surface area contributed by atoms with Crippen LogP contribution in [0.4, 0.5) is 0 Å². The van der Waals surface area contributed by atoms with Crippen molar-refractivity contribution in [2.45, 2.75) is 90.2 Å². The highest BCUT2D eigenvalue weighted by molar-refractivity contribution is 6.74. The molecule has 0 aromatic rings. The van der Waals surface area contributed by atoms with Crippen molar-refractivity contribution in [2.24, 2.45) is 0 Å². The number of aliphatic hydroxyl groups is 1. The molecule has 3 atom stereocenters. The van der Waals surface area contributed by atoms with Crippen molar-refractivity contribution in [1.82, 2.24) is 0 Å². The van der Waals surface area contributed by atoms with Gasteiger partial charge in [-0.15, -0.1) is 0 Å². The Morgan fingerprint density at radius 3 is 2.42 bits per heavy atom. The second kappa shape index (κ2) is 9.29. The molecule has 0 aliphatic carbocycles. The van der Waals surface area contributed by atoms with Crippen LogP contribution in [0.15, 0.2) is 24.3 Å². The molecule has 1 saturated heterocycles. The predicted octanol–water partition coefficient (Wildman–Crippen LogP) is 4.41. The number of hydrogen-bond acceptors (Lipinski definition) is 4. The molecule has 0 aromatic carbocycles. The van der Waals surface area contributed by atoms with Crippen LogP contribution in [0.25, 0.3) is 0 Å². The molecule has 0 aromatic heterocycles. The minimum atomic E-state index is -1.86. The summed E-state index contributed by atoms with van der Waals surface area (Å²) in [5.41, 5.74) is 0. The van der Waals surface area contributed by atoms with E-state index in [-0.39, 0.29) is 36.2 Å². The van der Waals surface area contributed by atoms with Crippen LogP contribution in [0.3, 0.4) is 0 Å². The van der Waals surface area contributed by atoms with Crippen molar-refractivity contribution in [3.05, 3.63) is 24.3 Å². The highest BCUT2D eigenvalue weighted by atomic mass is 28.4. The molecule has 0 bridgehead atoms. The number of rotatable bonds is 7. The van der Waals surface area contributed by atoms with Crippen molar-refractivity contribution >= 4 is 8.32 Å². The van der Waals surface area contributed by atoms with Gasteiger partial charge in [0.25, 0.3) is 0 Å². The lowest BCUT2D eigenvalue weighted by molar-refractivity contribution is -0.220. The van der Waals surface area contributed by atoms with Gasteiger partial charge in [-0.25, -0.2) is 0 Å². The molecule has 1 N–H and O–H groups in total. The highest BCUT2D eigenvalue weighted by Gasteiger charge is 2.42. The van der Waals surface area contributed by atoms with E-state index in [1.54, 1.807) is 6.08 Å². The van der Waals surface area contributed by atoms with E-state index in [1.165, 1.54) is 0 Å². The van der Waals surface area contributed by atoms with E-state index in [4.69, 9.17) is 19.0 Å². The molecule has 24 heavy (non-hydrogen) atoms. The Balaban J connectivity index is 2.83. The fraction of sp³-hybridized carbons (Fsp3) is 0.789. The molecule has 1 aliphatic heterocycles. The summed E-state index contributed by atoms with van der Waals surface area (Å²) in [4.78, 5) is 0. The average molecular weight is 357 g/mol. The van der Waals surface area contributed by atoms with Gasteiger partial charge < -0.3 is 19.0 Å². The Bertz CT molecular complexity index is 424. The molecule has 0 unspecified atom stereocenters. The van der Waals surface area contributed by atoms with Crippen LogP contribution in [0.1, 0.15) is 47.5 Å². The monoisotopic (exact) mass is 356 g/mol. The zero-order valence-corrected chi connectivity index (χ0v) is 17.4. The van der Waals surface area contributed by atoms with Gasteiger partial charge in [0.15, 0.2) is 14.6 Å². The standard InChI is InChI=1S/C19H36O4Si/c1-15(2)21-18-13-12-17(23-24(6,7)19(3,4)5)16(22-18)11-9-8-10-14-20/h8-11,15-18,20H,12-14H2,1-7H3/b10-8+,11-9-/t16-,17+,18+/m1/s1.